The van der Waals surface area contributed by atoms with Gasteiger partial charge in [-0.05, 0) is 54.9 Å². The molecule has 3 atom stereocenters. The number of aliphatic carboxylic acids is 1. The molecule has 168 valence electrons. The number of amides is 2. The Balaban J connectivity index is 1.39. The van der Waals surface area contributed by atoms with Crippen molar-refractivity contribution >= 4 is 18.0 Å². The van der Waals surface area contributed by atoms with Crippen LogP contribution in [0.3, 0.4) is 0 Å². The summed E-state index contributed by atoms with van der Waals surface area (Å²) in [5, 5.41) is 14.6. The Hall–Kier alpha value is -3.35. The maximum Gasteiger partial charge on any atom is 0.407 e. The summed E-state index contributed by atoms with van der Waals surface area (Å²) in [5.74, 6) is -2.10. The minimum Gasteiger partial charge on any atom is -0.481 e. The lowest BCUT2D eigenvalue weighted by Crippen LogP contribution is -2.52. The molecule has 0 aromatic heterocycles. The van der Waals surface area contributed by atoms with Crippen LogP contribution >= 0.6 is 0 Å². The molecule has 0 bridgehead atoms. The number of carbonyl (C=O) groups excluding carboxylic acids is 2. The van der Waals surface area contributed by atoms with Crippen LogP contribution in [0.5, 0.6) is 0 Å². The van der Waals surface area contributed by atoms with E-state index in [1.54, 1.807) is 13.8 Å². The molecule has 0 heterocycles. The number of hydrogen-bond acceptors (Lipinski definition) is 4. The Kier molecular flexibility index (Phi) is 6.17. The lowest BCUT2D eigenvalue weighted by Gasteiger charge is -2.23. The van der Waals surface area contributed by atoms with Crippen molar-refractivity contribution in [3.8, 4) is 11.1 Å². The Morgan fingerprint density at radius 1 is 0.969 bits per heavy atom. The fourth-order valence-electron chi connectivity index (χ4n) is 4.25. The van der Waals surface area contributed by atoms with E-state index in [2.05, 4.69) is 22.8 Å². The molecule has 4 rings (SSSR count). The van der Waals surface area contributed by atoms with Crippen LogP contribution in [0.15, 0.2) is 48.5 Å². The van der Waals surface area contributed by atoms with Crippen molar-refractivity contribution < 1.29 is 24.2 Å². The van der Waals surface area contributed by atoms with E-state index < -0.39 is 30.1 Å². The van der Waals surface area contributed by atoms with E-state index in [0.717, 1.165) is 35.1 Å². The van der Waals surface area contributed by atoms with Crippen molar-refractivity contribution in [3.63, 3.8) is 0 Å². The molecule has 2 aromatic carbocycles. The van der Waals surface area contributed by atoms with Gasteiger partial charge in [0.2, 0.25) is 5.91 Å². The highest BCUT2D eigenvalue weighted by Crippen LogP contribution is 2.44. The fourth-order valence-corrected chi connectivity index (χ4v) is 4.25. The maximum atomic E-state index is 12.7. The van der Waals surface area contributed by atoms with Crippen LogP contribution < -0.4 is 10.6 Å². The highest BCUT2D eigenvalue weighted by atomic mass is 16.5. The molecule has 7 heteroatoms. The molecule has 0 saturated heterocycles. The molecular formula is C25H28N2O5. The van der Waals surface area contributed by atoms with E-state index in [1.165, 1.54) is 0 Å². The molecule has 1 fully saturated rings. The van der Waals surface area contributed by atoms with Gasteiger partial charge in [0, 0.05) is 12.0 Å². The van der Waals surface area contributed by atoms with E-state index in [1.807, 2.05) is 36.4 Å². The minimum atomic E-state index is -0.981. The molecule has 1 saturated carbocycles. The van der Waals surface area contributed by atoms with Gasteiger partial charge in [-0.25, -0.2) is 4.79 Å². The Morgan fingerprint density at radius 2 is 1.53 bits per heavy atom. The van der Waals surface area contributed by atoms with Crippen LogP contribution in [0.25, 0.3) is 11.1 Å². The van der Waals surface area contributed by atoms with Crippen molar-refractivity contribution in [2.75, 3.05) is 6.61 Å². The van der Waals surface area contributed by atoms with Gasteiger partial charge in [-0.2, -0.15) is 0 Å². The molecule has 2 aromatic rings. The zero-order valence-corrected chi connectivity index (χ0v) is 18.2. The number of alkyl carbamates (subject to hydrolysis) is 1. The number of carboxylic acids is 1. The molecular weight excluding hydrogens is 408 g/mol. The van der Waals surface area contributed by atoms with Crippen molar-refractivity contribution in [1.29, 1.82) is 0 Å². The second-order valence-corrected chi connectivity index (χ2v) is 8.71. The minimum absolute atomic E-state index is 0.0443. The van der Waals surface area contributed by atoms with Gasteiger partial charge in [-0.3, -0.25) is 9.59 Å². The van der Waals surface area contributed by atoms with Gasteiger partial charge < -0.3 is 20.5 Å². The molecule has 0 radical (unpaired) electrons. The number of ether oxygens (including phenoxy) is 1. The first-order chi connectivity index (χ1) is 15.4. The number of benzene rings is 2. The van der Waals surface area contributed by atoms with Crippen LogP contribution in [0.4, 0.5) is 4.79 Å². The highest BCUT2D eigenvalue weighted by Gasteiger charge is 2.39. The van der Waals surface area contributed by atoms with Gasteiger partial charge in [-0.1, -0.05) is 48.5 Å². The summed E-state index contributed by atoms with van der Waals surface area (Å²) < 4.78 is 5.56. The smallest absolute Gasteiger partial charge is 0.407 e. The molecule has 3 unspecified atom stereocenters. The normalized spacial score (nSPS) is 17.4. The van der Waals surface area contributed by atoms with Gasteiger partial charge in [0.05, 0.1) is 5.92 Å². The van der Waals surface area contributed by atoms with Gasteiger partial charge in [0.15, 0.2) is 0 Å². The molecule has 3 N–H and O–H groups in total. The highest BCUT2D eigenvalue weighted by molar-refractivity contribution is 5.87. The largest absolute Gasteiger partial charge is 0.481 e. The van der Waals surface area contributed by atoms with Crippen LogP contribution in [0.2, 0.25) is 0 Å². The first-order valence-electron chi connectivity index (χ1n) is 11.0. The standard InChI is InChI=1S/C25H28N2O5/c1-14(24(29)30)15(2)26-23(28)22(16-11-12-16)27-25(31)32-13-21-19-9-5-3-7-17(19)18-8-4-6-10-20(18)21/h3-10,14-16,21-22H,11-13H2,1-2H3,(H,26,28)(H,27,31)(H,29,30). The van der Waals surface area contributed by atoms with Gasteiger partial charge in [0.25, 0.3) is 0 Å². The molecule has 2 aliphatic carbocycles. The molecule has 32 heavy (non-hydrogen) atoms. The summed E-state index contributed by atoms with van der Waals surface area (Å²) in [6.45, 7) is 3.36. The van der Waals surface area contributed by atoms with Crippen molar-refractivity contribution in [2.24, 2.45) is 11.8 Å². The number of fused-ring (bicyclic) bond motifs is 3. The topological polar surface area (TPSA) is 105 Å². The number of carbonyl (C=O) groups is 3. The van der Waals surface area contributed by atoms with Crippen molar-refractivity contribution in [1.82, 2.24) is 10.6 Å². The second kappa shape index (κ2) is 9.02. The second-order valence-electron chi connectivity index (χ2n) is 8.71. The lowest BCUT2D eigenvalue weighted by atomic mass is 9.98. The van der Waals surface area contributed by atoms with Crippen LogP contribution in [-0.4, -0.2) is 41.8 Å². The van der Waals surface area contributed by atoms with E-state index in [0.29, 0.717) is 0 Å². The average molecular weight is 437 g/mol. The van der Waals surface area contributed by atoms with E-state index in [9.17, 15) is 14.4 Å². The summed E-state index contributed by atoms with van der Waals surface area (Å²) >= 11 is 0. The third-order valence-electron chi connectivity index (χ3n) is 6.50. The molecule has 0 spiro atoms. The first-order valence-corrected chi connectivity index (χ1v) is 11.0. The average Bonchev–Trinajstić information content (AvgIpc) is 3.57. The summed E-state index contributed by atoms with van der Waals surface area (Å²) in [5.41, 5.74) is 4.53. The summed E-state index contributed by atoms with van der Waals surface area (Å²) in [7, 11) is 0. The van der Waals surface area contributed by atoms with Crippen LogP contribution in [-0.2, 0) is 14.3 Å². The zero-order valence-electron chi connectivity index (χ0n) is 18.2. The van der Waals surface area contributed by atoms with Crippen molar-refractivity contribution in [3.05, 3.63) is 59.7 Å². The molecule has 0 aliphatic heterocycles. The number of hydrogen-bond donors (Lipinski definition) is 3. The number of nitrogens with one attached hydrogen (secondary N) is 2. The van der Waals surface area contributed by atoms with E-state index >= 15 is 0 Å². The van der Waals surface area contributed by atoms with Gasteiger partial charge in [0.1, 0.15) is 12.6 Å². The molecule has 2 aliphatic rings. The monoisotopic (exact) mass is 436 g/mol. The van der Waals surface area contributed by atoms with Gasteiger partial charge >= 0.3 is 12.1 Å². The quantitative estimate of drug-likeness (QED) is 0.587. The van der Waals surface area contributed by atoms with Crippen LogP contribution in [0, 0.1) is 11.8 Å². The Bertz CT molecular complexity index is 987. The molecule has 7 nitrogen and oxygen atoms in total. The molecule has 2 amide bonds. The van der Waals surface area contributed by atoms with Crippen molar-refractivity contribution in [2.45, 2.75) is 44.7 Å². The summed E-state index contributed by atoms with van der Waals surface area (Å²) in [6.07, 6.45) is 1.03. The number of carboxylic acid groups (broad SMARTS) is 1. The van der Waals surface area contributed by atoms with Gasteiger partial charge in [-0.15, -0.1) is 0 Å². The maximum absolute atomic E-state index is 12.7. The summed E-state index contributed by atoms with van der Waals surface area (Å²) in [4.78, 5) is 36.5. The predicted molar refractivity (Wildman–Crippen MR) is 119 cm³/mol. The predicted octanol–water partition coefficient (Wildman–Crippen LogP) is 3.53. The SMILES string of the molecule is CC(NC(=O)C(NC(=O)OCC1c2ccccc2-c2ccccc21)C1CC1)C(C)C(=O)O. The fraction of sp³-hybridized carbons (Fsp3) is 0.400. The number of rotatable bonds is 8. The zero-order chi connectivity index (χ0) is 22.8. The third-order valence-corrected chi connectivity index (χ3v) is 6.50. The first kappa shape index (κ1) is 21.9. The Labute approximate surface area is 187 Å². The third kappa shape index (κ3) is 4.47. The summed E-state index contributed by atoms with van der Waals surface area (Å²) in [6, 6.07) is 14.9. The van der Waals surface area contributed by atoms with Crippen LogP contribution in [0.1, 0.15) is 43.7 Å². The van der Waals surface area contributed by atoms with E-state index in [-0.39, 0.29) is 24.3 Å². The van der Waals surface area contributed by atoms with E-state index in [4.69, 9.17) is 9.84 Å². The lowest BCUT2D eigenvalue weighted by molar-refractivity contribution is -0.142. The Morgan fingerprint density at radius 3 is 2.06 bits per heavy atom.